The van der Waals surface area contributed by atoms with Crippen LogP contribution in [0.5, 0.6) is 0 Å². The number of hydrogen-bond donors (Lipinski definition) is 4. The topological polar surface area (TPSA) is 201 Å². The van der Waals surface area contributed by atoms with Crippen LogP contribution in [0.3, 0.4) is 0 Å². The molecule has 0 amide bonds. The minimum atomic E-state index is -4.93. The molecule has 0 unspecified atom stereocenters. The van der Waals surface area contributed by atoms with Crippen molar-refractivity contribution in [2.45, 2.75) is 57.1 Å². The van der Waals surface area contributed by atoms with Crippen molar-refractivity contribution in [3.8, 4) is 0 Å². The second-order valence-corrected chi connectivity index (χ2v) is 8.58. The summed E-state index contributed by atoms with van der Waals surface area (Å²) in [6.07, 6.45) is 0.0525. The Balaban J connectivity index is 1.59. The molecule has 33 heavy (non-hydrogen) atoms. The number of hydrogen-bond acceptors (Lipinski definition) is 11. The molecule has 1 aliphatic heterocycles. The second-order valence-electron chi connectivity index (χ2n) is 7.39. The van der Waals surface area contributed by atoms with E-state index in [1.54, 1.807) is 6.92 Å². The fourth-order valence-electron chi connectivity index (χ4n) is 3.51. The number of unbranched alkanes of at least 4 members (excludes halogenated alkanes) is 2. The lowest BCUT2D eigenvalue weighted by Crippen LogP contribution is -2.36. The number of nitrogens with zero attached hydrogens (tertiary/aromatic N) is 4. The SMILES string of the molecule is CCOC(=O)CCCCCOC[C@H]1O[C@@H](n2cnc3c(N)ncnc32)[C@H](O)[C@@H]1OP(=O)(O)O. The normalized spacial score (nSPS) is 23.3. The minimum Gasteiger partial charge on any atom is -0.466 e. The fraction of sp³-hybridized carbons (Fsp3) is 0.667. The molecule has 0 aliphatic carbocycles. The number of aliphatic hydroxyl groups is 1. The van der Waals surface area contributed by atoms with Crippen LogP contribution in [0, 0.1) is 0 Å². The zero-order valence-corrected chi connectivity index (χ0v) is 18.9. The Labute approximate surface area is 189 Å². The molecule has 2 aromatic heterocycles. The van der Waals surface area contributed by atoms with Gasteiger partial charge in [-0.1, -0.05) is 6.42 Å². The van der Waals surface area contributed by atoms with Crippen LogP contribution in [0.25, 0.3) is 11.2 Å². The van der Waals surface area contributed by atoms with Gasteiger partial charge in [0.1, 0.15) is 30.2 Å². The Bertz CT molecular complexity index is 983. The average Bonchev–Trinajstić information content (AvgIpc) is 3.29. The number of nitrogens with two attached hydrogens (primary N) is 1. The molecular weight excluding hydrogens is 461 g/mol. The summed E-state index contributed by atoms with van der Waals surface area (Å²) in [6, 6.07) is 0. The molecule has 15 heteroatoms. The van der Waals surface area contributed by atoms with Gasteiger partial charge in [0.05, 0.1) is 19.5 Å². The Kier molecular flexibility index (Phi) is 8.70. The third kappa shape index (κ3) is 6.67. The fourth-order valence-corrected chi connectivity index (χ4v) is 4.09. The maximum atomic E-state index is 11.4. The summed E-state index contributed by atoms with van der Waals surface area (Å²) in [6.45, 7) is 2.34. The van der Waals surface area contributed by atoms with Gasteiger partial charge in [-0.05, 0) is 19.8 Å². The van der Waals surface area contributed by atoms with Crippen molar-refractivity contribution < 1.29 is 43.0 Å². The van der Waals surface area contributed by atoms with Gasteiger partial charge in [-0.25, -0.2) is 19.5 Å². The average molecular weight is 489 g/mol. The van der Waals surface area contributed by atoms with Gasteiger partial charge < -0.3 is 34.8 Å². The van der Waals surface area contributed by atoms with Crippen LogP contribution in [-0.4, -0.2) is 78.5 Å². The van der Waals surface area contributed by atoms with Gasteiger partial charge in [0.15, 0.2) is 17.7 Å². The number of imidazole rings is 1. The molecule has 3 heterocycles. The highest BCUT2D eigenvalue weighted by atomic mass is 31.2. The van der Waals surface area contributed by atoms with Crippen LogP contribution < -0.4 is 5.73 Å². The molecule has 1 saturated heterocycles. The van der Waals surface area contributed by atoms with Gasteiger partial charge in [-0.3, -0.25) is 13.9 Å². The number of aromatic nitrogens is 4. The first-order valence-electron chi connectivity index (χ1n) is 10.4. The van der Waals surface area contributed by atoms with E-state index in [0.717, 1.165) is 6.42 Å². The molecule has 4 atom stereocenters. The summed E-state index contributed by atoms with van der Waals surface area (Å²) in [7, 11) is -4.93. The molecule has 5 N–H and O–H groups in total. The monoisotopic (exact) mass is 489 g/mol. The van der Waals surface area contributed by atoms with Gasteiger partial charge >= 0.3 is 13.8 Å². The zero-order valence-electron chi connectivity index (χ0n) is 18.0. The van der Waals surface area contributed by atoms with Gasteiger partial charge in [0.2, 0.25) is 0 Å². The van der Waals surface area contributed by atoms with Crippen molar-refractivity contribution in [3.63, 3.8) is 0 Å². The first-order chi connectivity index (χ1) is 15.7. The van der Waals surface area contributed by atoms with Crippen molar-refractivity contribution >= 4 is 30.8 Å². The molecule has 0 saturated carbocycles. The van der Waals surface area contributed by atoms with Crippen molar-refractivity contribution in [1.29, 1.82) is 0 Å². The highest BCUT2D eigenvalue weighted by Gasteiger charge is 2.48. The number of fused-ring (bicyclic) bond motifs is 1. The second kappa shape index (κ2) is 11.3. The third-order valence-electron chi connectivity index (χ3n) is 4.99. The maximum Gasteiger partial charge on any atom is 0.470 e. The van der Waals surface area contributed by atoms with Crippen LogP contribution in [-0.2, 0) is 28.1 Å². The molecular formula is C18H28N5O9P. The molecule has 0 spiro atoms. The number of carbonyl (C=O) groups is 1. The van der Waals surface area contributed by atoms with Gasteiger partial charge in [-0.2, -0.15) is 0 Å². The third-order valence-corrected chi connectivity index (χ3v) is 5.50. The summed E-state index contributed by atoms with van der Waals surface area (Å²) in [5.41, 5.74) is 6.36. The Morgan fingerprint density at radius 1 is 1.27 bits per heavy atom. The number of anilines is 1. The summed E-state index contributed by atoms with van der Waals surface area (Å²) < 4.78 is 33.9. The lowest BCUT2D eigenvalue weighted by Gasteiger charge is -2.21. The van der Waals surface area contributed by atoms with E-state index in [-0.39, 0.29) is 24.0 Å². The van der Waals surface area contributed by atoms with E-state index >= 15 is 0 Å². The first-order valence-corrected chi connectivity index (χ1v) is 12.0. The number of esters is 1. The van der Waals surface area contributed by atoms with Crippen LogP contribution in [0.4, 0.5) is 5.82 Å². The predicted octanol–water partition coefficient (Wildman–Crippen LogP) is 0.285. The molecule has 14 nitrogen and oxygen atoms in total. The number of phosphoric ester groups is 1. The summed E-state index contributed by atoms with van der Waals surface area (Å²) in [4.78, 5) is 41.9. The quantitative estimate of drug-likeness (QED) is 0.180. The van der Waals surface area contributed by atoms with Crippen LogP contribution >= 0.6 is 7.82 Å². The number of carbonyl (C=O) groups excluding carboxylic acids is 1. The summed E-state index contributed by atoms with van der Waals surface area (Å²) >= 11 is 0. The van der Waals surface area contributed by atoms with Crippen LogP contribution in [0.1, 0.15) is 38.8 Å². The molecule has 3 rings (SSSR count). The largest absolute Gasteiger partial charge is 0.470 e. The molecule has 0 bridgehead atoms. The first kappa shape index (κ1) is 25.4. The van der Waals surface area contributed by atoms with E-state index in [4.69, 9.17) is 24.5 Å². The molecule has 0 radical (unpaired) electrons. The van der Waals surface area contributed by atoms with Crippen LogP contribution in [0.15, 0.2) is 12.7 Å². The highest BCUT2D eigenvalue weighted by molar-refractivity contribution is 7.46. The zero-order chi connectivity index (χ0) is 24.0. The molecule has 1 fully saturated rings. The summed E-state index contributed by atoms with van der Waals surface area (Å²) in [5, 5.41) is 10.7. The predicted molar refractivity (Wildman–Crippen MR) is 112 cm³/mol. The molecule has 2 aromatic rings. The molecule has 0 aromatic carbocycles. The highest BCUT2D eigenvalue weighted by Crippen LogP contribution is 2.44. The standard InChI is InChI=1S/C18H28N5O9P/c1-2-30-12(24)6-4-3-5-7-29-8-11-15(32-33(26,27)28)14(25)18(31-11)23-10-22-13-16(19)20-9-21-17(13)23/h9-11,14-15,18,25H,2-8H2,1H3,(H2,19,20,21)(H2,26,27,28)/t11-,14-,15-,18-/m1/s1. The van der Waals surface area contributed by atoms with Crippen LogP contribution in [0.2, 0.25) is 0 Å². The van der Waals surface area contributed by atoms with Crippen molar-refractivity contribution in [1.82, 2.24) is 19.5 Å². The van der Waals surface area contributed by atoms with Gasteiger partial charge in [-0.15, -0.1) is 0 Å². The van der Waals surface area contributed by atoms with E-state index in [1.807, 2.05) is 0 Å². The lowest BCUT2D eigenvalue weighted by molar-refractivity contribution is -0.143. The van der Waals surface area contributed by atoms with Crippen molar-refractivity contribution in [2.75, 3.05) is 25.6 Å². The number of rotatable bonds is 12. The minimum absolute atomic E-state index is 0.0835. The van der Waals surface area contributed by atoms with Crippen molar-refractivity contribution in [3.05, 3.63) is 12.7 Å². The van der Waals surface area contributed by atoms with Gasteiger partial charge in [0, 0.05) is 13.0 Å². The van der Waals surface area contributed by atoms with E-state index in [1.165, 1.54) is 17.2 Å². The Hall–Kier alpha value is -2.19. The van der Waals surface area contributed by atoms with Crippen molar-refractivity contribution in [2.24, 2.45) is 0 Å². The van der Waals surface area contributed by atoms with E-state index in [2.05, 4.69) is 15.0 Å². The molecule has 1 aliphatic rings. The number of ether oxygens (including phenoxy) is 3. The molecule has 184 valence electrons. The smallest absolute Gasteiger partial charge is 0.466 e. The number of aliphatic hydroxyl groups excluding tert-OH is 1. The van der Waals surface area contributed by atoms with E-state index < -0.39 is 32.4 Å². The van der Waals surface area contributed by atoms with E-state index in [9.17, 15) is 24.3 Å². The number of nitrogen functional groups attached to an aromatic ring is 1. The van der Waals surface area contributed by atoms with Gasteiger partial charge in [0.25, 0.3) is 0 Å². The Morgan fingerprint density at radius 3 is 2.79 bits per heavy atom. The summed E-state index contributed by atoms with van der Waals surface area (Å²) in [5.74, 6) is -0.105. The lowest BCUT2D eigenvalue weighted by atomic mass is 10.1. The Morgan fingerprint density at radius 2 is 2.06 bits per heavy atom. The maximum absolute atomic E-state index is 11.4. The van der Waals surface area contributed by atoms with E-state index in [0.29, 0.717) is 38.0 Å². The number of phosphoric acid groups is 1.